The van der Waals surface area contributed by atoms with Crippen molar-refractivity contribution in [1.82, 2.24) is 34.3 Å². The van der Waals surface area contributed by atoms with E-state index in [0.717, 1.165) is 11.1 Å². The first kappa shape index (κ1) is 26.9. The van der Waals surface area contributed by atoms with Gasteiger partial charge in [0.25, 0.3) is 5.91 Å². The quantitative estimate of drug-likeness (QED) is 0.273. The fraction of sp³-hybridized carbons (Fsp3) is 0.542. The van der Waals surface area contributed by atoms with E-state index in [2.05, 4.69) is 26.1 Å². The number of hydrogen-bond acceptors (Lipinski definition) is 8. The molecule has 0 saturated carbocycles. The fourth-order valence-electron chi connectivity index (χ4n) is 4.45. The minimum Gasteiger partial charge on any atom is -0.444 e. The van der Waals surface area contributed by atoms with Gasteiger partial charge in [-0.2, -0.15) is 14.7 Å². The van der Waals surface area contributed by atoms with E-state index in [4.69, 9.17) is 21.3 Å². The second-order valence-electron chi connectivity index (χ2n) is 10.7. The molecule has 2 amide bonds. The highest BCUT2D eigenvalue weighted by atomic mass is 79.9. The lowest BCUT2D eigenvalue weighted by molar-refractivity contribution is -0.140. The molecule has 1 aliphatic rings. The van der Waals surface area contributed by atoms with Gasteiger partial charge in [0.15, 0.2) is 5.65 Å². The number of aryl methyl sites for hydroxylation is 1. The summed E-state index contributed by atoms with van der Waals surface area (Å²) in [5.41, 5.74) is 8.65. The van der Waals surface area contributed by atoms with Crippen LogP contribution in [0.3, 0.4) is 0 Å². The summed E-state index contributed by atoms with van der Waals surface area (Å²) < 4.78 is 9.55. The molecule has 1 saturated heterocycles. The number of fused-ring (bicyclic) bond motifs is 1. The third-order valence-corrected chi connectivity index (χ3v) is 7.17. The molecule has 0 aromatic carbocycles. The minimum absolute atomic E-state index is 0.208. The Bertz CT molecular complexity index is 1330. The molecule has 0 spiro atoms. The second kappa shape index (κ2) is 9.93. The minimum atomic E-state index is -0.737. The number of halogens is 1. The fourth-order valence-corrected chi connectivity index (χ4v) is 5.03. The van der Waals surface area contributed by atoms with E-state index >= 15 is 0 Å². The lowest BCUT2D eigenvalue weighted by atomic mass is 9.89. The maximum atomic E-state index is 13.3. The zero-order chi connectivity index (χ0) is 27.2. The average Bonchev–Trinajstić information content (AvgIpc) is 3.44. The van der Waals surface area contributed by atoms with Crippen LogP contribution >= 0.6 is 15.9 Å². The number of carbonyl (C=O) groups is 2. The van der Waals surface area contributed by atoms with E-state index in [-0.39, 0.29) is 24.4 Å². The average molecular weight is 576 g/mol. The van der Waals surface area contributed by atoms with Crippen molar-refractivity contribution >= 4 is 39.4 Å². The summed E-state index contributed by atoms with van der Waals surface area (Å²) in [7, 11) is 1.84. The Kier molecular flexibility index (Phi) is 7.21. The van der Waals surface area contributed by atoms with Crippen LogP contribution in [-0.2, 0) is 16.6 Å². The van der Waals surface area contributed by atoms with E-state index in [1.807, 2.05) is 27.1 Å². The molecule has 3 aromatic heterocycles. The number of nitrogens with two attached hydrogens (primary N) is 2. The van der Waals surface area contributed by atoms with Crippen molar-refractivity contribution in [1.29, 1.82) is 0 Å². The van der Waals surface area contributed by atoms with Gasteiger partial charge in [0.05, 0.1) is 22.6 Å². The van der Waals surface area contributed by atoms with Gasteiger partial charge in [-0.05, 0) is 63.4 Å². The van der Waals surface area contributed by atoms with Crippen LogP contribution in [0.15, 0.2) is 23.1 Å². The molecular weight excluding hydrogens is 542 g/mol. The first-order valence-electron chi connectivity index (χ1n) is 12.2. The summed E-state index contributed by atoms with van der Waals surface area (Å²) in [6.45, 7) is 9.24. The van der Waals surface area contributed by atoms with Crippen LogP contribution in [0.25, 0.3) is 16.8 Å². The SMILES string of the molecule is CC(C)N(N)C(=O)[C@@H]1CC[C@H](c2nc3c(-c4cnn(C)c4)cnn3c(N)c2Br)CN1C(=O)OC(C)(C)C. The summed E-state index contributed by atoms with van der Waals surface area (Å²) in [4.78, 5) is 32.9. The van der Waals surface area contributed by atoms with Gasteiger partial charge in [0.2, 0.25) is 0 Å². The smallest absolute Gasteiger partial charge is 0.410 e. The van der Waals surface area contributed by atoms with Gasteiger partial charge in [0.1, 0.15) is 17.5 Å². The molecule has 37 heavy (non-hydrogen) atoms. The first-order chi connectivity index (χ1) is 17.3. The number of nitrogen functional groups attached to an aromatic ring is 1. The molecule has 1 fully saturated rings. The molecule has 4 heterocycles. The number of nitrogens with zero attached hydrogens (tertiary/aromatic N) is 7. The van der Waals surface area contributed by atoms with Crippen LogP contribution < -0.4 is 11.6 Å². The molecule has 1 aliphatic heterocycles. The Balaban J connectivity index is 1.73. The molecule has 4 rings (SSSR count). The Labute approximate surface area is 224 Å². The van der Waals surface area contributed by atoms with E-state index in [0.29, 0.717) is 34.5 Å². The van der Waals surface area contributed by atoms with Crippen molar-refractivity contribution in [2.45, 2.75) is 71.1 Å². The summed E-state index contributed by atoms with van der Waals surface area (Å²) in [6.07, 6.45) is 5.75. The molecule has 200 valence electrons. The third-order valence-electron chi connectivity index (χ3n) is 6.36. The number of carbonyl (C=O) groups excluding carboxylic acids is 2. The Morgan fingerprint density at radius 2 is 1.92 bits per heavy atom. The zero-order valence-corrected chi connectivity index (χ0v) is 23.6. The Hall–Kier alpha value is -3.19. The Morgan fingerprint density at radius 1 is 1.22 bits per heavy atom. The van der Waals surface area contributed by atoms with Gasteiger partial charge in [-0.25, -0.2) is 15.6 Å². The largest absolute Gasteiger partial charge is 0.444 e. The monoisotopic (exact) mass is 575 g/mol. The summed E-state index contributed by atoms with van der Waals surface area (Å²) >= 11 is 3.60. The molecule has 0 radical (unpaired) electrons. The first-order valence-corrected chi connectivity index (χ1v) is 13.0. The van der Waals surface area contributed by atoms with Crippen molar-refractivity contribution in [3.8, 4) is 11.1 Å². The van der Waals surface area contributed by atoms with Crippen LogP contribution in [0.5, 0.6) is 0 Å². The maximum absolute atomic E-state index is 13.3. The van der Waals surface area contributed by atoms with Crippen molar-refractivity contribution < 1.29 is 14.3 Å². The number of hydrogen-bond donors (Lipinski definition) is 2. The van der Waals surface area contributed by atoms with Crippen LogP contribution in [0.2, 0.25) is 0 Å². The van der Waals surface area contributed by atoms with Crippen LogP contribution in [0, 0.1) is 0 Å². The Morgan fingerprint density at radius 3 is 2.51 bits per heavy atom. The highest BCUT2D eigenvalue weighted by molar-refractivity contribution is 9.10. The number of aromatic nitrogens is 5. The number of ether oxygens (including phenoxy) is 1. The molecule has 13 heteroatoms. The summed E-state index contributed by atoms with van der Waals surface area (Å²) in [5.74, 6) is 5.91. The van der Waals surface area contributed by atoms with Crippen molar-refractivity contribution in [3.63, 3.8) is 0 Å². The van der Waals surface area contributed by atoms with Crippen LogP contribution in [0.4, 0.5) is 10.6 Å². The zero-order valence-electron chi connectivity index (χ0n) is 22.0. The third kappa shape index (κ3) is 5.28. The highest BCUT2D eigenvalue weighted by Crippen LogP contribution is 2.38. The topological polar surface area (TPSA) is 150 Å². The van der Waals surface area contributed by atoms with Gasteiger partial charge < -0.3 is 10.5 Å². The lowest BCUT2D eigenvalue weighted by Crippen LogP contribution is -2.58. The standard InChI is InChI=1S/C24H34BrN9O3/c1-13(2)33(27)22(35)17-8-7-14(12-32(17)23(36)37-24(3,4)5)19-18(25)20(26)34-21(30-19)16(10-29-34)15-9-28-31(6)11-15/h9-11,13-14,17H,7-8,12,26-27H2,1-6H3/t14-,17-/m0/s1. The second-order valence-corrected chi connectivity index (χ2v) is 11.4. The number of amides is 2. The number of rotatable bonds is 4. The molecule has 4 N–H and O–H groups in total. The van der Waals surface area contributed by atoms with E-state index in [1.165, 1.54) is 9.91 Å². The number of piperidine rings is 1. The molecular formula is C24H34BrN9O3. The van der Waals surface area contributed by atoms with E-state index < -0.39 is 17.7 Å². The predicted octanol–water partition coefficient (Wildman–Crippen LogP) is 3.07. The molecule has 0 unspecified atom stereocenters. The highest BCUT2D eigenvalue weighted by Gasteiger charge is 2.41. The van der Waals surface area contributed by atoms with Gasteiger partial charge >= 0.3 is 6.09 Å². The van der Waals surface area contributed by atoms with Gasteiger partial charge in [0, 0.05) is 42.9 Å². The number of anilines is 1. The molecule has 0 bridgehead atoms. The molecule has 3 aromatic rings. The number of likely N-dealkylation sites (tertiary alicyclic amines) is 1. The predicted molar refractivity (Wildman–Crippen MR) is 142 cm³/mol. The van der Waals surface area contributed by atoms with Gasteiger partial charge in [-0.15, -0.1) is 0 Å². The molecule has 0 aliphatic carbocycles. The van der Waals surface area contributed by atoms with Crippen molar-refractivity contribution in [2.75, 3.05) is 12.3 Å². The van der Waals surface area contributed by atoms with Crippen LogP contribution in [-0.4, -0.2) is 70.5 Å². The number of hydrazine groups is 1. The summed E-state index contributed by atoms with van der Waals surface area (Å²) in [6, 6.07) is -0.948. The van der Waals surface area contributed by atoms with E-state index in [1.54, 1.807) is 42.4 Å². The van der Waals surface area contributed by atoms with Crippen molar-refractivity contribution in [2.24, 2.45) is 12.9 Å². The maximum Gasteiger partial charge on any atom is 0.410 e. The summed E-state index contributed by atoms with van der Waals surface area (Å²) in [5, 5.41) is 9.84. The lowest BCUT2D eigenvalue weighted by Gasteiger charge is -2.41. The molecule has 2 atom stereocenters. The van der Waals surface area contributed by atoms with Crippen molar-refractivity contribution in [3.05, 3.63) is 28.8 Å². The van der Waals surface area contributed by atoms with Gasteiger partial charge in [-0.3, -0.25) is 19.4 Å². The normalized spacial score (nSPS) is 18.5. The van der Waals surface area contributed by atoms with Gasteiger partial charge in [-0.1, -0.05) is 0 Å². The van der Waals surface area contributed by atoms with Crippen LogP contribution in [0.1, 0.15) is 59.1 Å². The molecule has 12 nitrogen and oxygen atoms in total. The van der Waals surface area contributed by atoms with E-state index in [9.17, 15) is 9.59 Å².